The third kappa shape index (κ3) is 4.12. The number of ether oxygens (including phenoxy) is 3. The Bertz CT molecular complexity index is 790. The van der Waals surface area contributed by atoms with Gasteiger partial charge < -0.3 is 29.5 Å². The van der Waals surface area contributed by atoms with Crippen LogP contribution in [0.15, 0.2) is 42.5 Å². The maximum Gasteiger partial charge on any atom is 0.203 e. The normalized spacial score (nSPS) is 19.5. The van der Waals surface area contributed by atoms with Crippen molar-refractivity contribution in [2.45, 2.75) is 18.9 Å². The predicted molar refractivity (Wildman–Crippen MR) is 109 cm³/mol. The molecule has 2 aliphatic heterocycles. The first-order valence-electron chi connectivity index (χ1n) is 9.94. The summed E-state index contributed by atoms with van der Waals surface area (Å²) in [4.78, 5) is 2.41. The van der Waals surface area contributed by atoms with E-state index in [1.54, 1.807) is 19.2 Å². The van der Waals surface area contributed by atoms with Crippen molar-refractivity contribution in [2.75, 3.05) is 44.8 Å². The van der Waals surface area contributed by atoms with E-state index in [4.69, 9.17) is 14.2 Å². The highest BCUT2D eigenvalue weighted by molar-refractivity contribution is 5.58. The van der Waals surface area contributed by atoms with Crippen LogP contribution in [-0.2, 0) is 0 Å². The van der Waals surface area contributed by atoms with Gasteiger partial charge in [-0.15, -0.1) is 0 Å². The maximum absolute atomic E-state index is 9.92. The molecule has 2 heterocycles. The minimum atomic E-state index is -0.0885. The second-order valence-electron chi connectivity index (χ2n) is 7.42. The highest BCUT2D eigenvalue weighted by atomic mass is 16.6. The van der Waals surface area contributed by atoms with Gasteiger partial charge in [0.15, 0.2) is 11.5 Å². The second-order valence-corrected chi connectivity index (χ2v) is 7.42. The third-order valence-corrected chi connectivity index (χ3v) is 5.51. The van der Waals surface area contributed by atoms with Crippen molar-refractivity contribution in [1.82, 2.24) is 5.32 Å². The molecule has 0 aliphatic carbocycles. The van der Waals surface area contributed by atoms with Crippen LogP contribution in [0.2, 0.25) is 0 Å². The lowest BCUT2D eigenvalue weighted by Crippen LogP contribution is -2.42. The van der Waals surface area contributed by atoms with Gasteiger partial charge in [-0.2, -0.15) is 0 Å². The molecule has 150 valence electrons. The number of hydrogen-bond acceptors (Lipinski definition) is 6. The van der Waals surface area contributed by atoms with Crippen LogP contribution in [0, 0.1) is 5.92 Å². The Morgan fingerprint density at radius 1 is 1.11 bits per heavy atom. The van der Waals surface area contributed by atoms with Crippen molar-refractivity contribution in [3.8, 4) is 23.0 Å². The number of benzene rings is 2. The third-order valence-electron chi connectivity index (χ3n) is 5.51. The monoisotopic (exact) mass is 384 g/mol. The lowest BCUT2D eigenvalue weighted by Gasteiger charge is -2.34. The Labute approximate surface area is 166 Å². The van der Waals surface area contributed by atoms with Crippen LogP contribution < -0.4 is 24.4 Å². The highest BCUT2D eigenvalue weighted by Crippen LogP contribution is 2.39. The standard InChI is InChI=1S/C22H28N2O4/c1-26-20-7-3-2-5-18(20)24-11-9-16(10-12-24)13-23-14-17-15-27-21-8-4-6-19(25)22(21)28-17/h2-8,16-17,23,25H,9-15H2,1H3/t17-/m1/s1. The first-order valence-corrected chi connectivity index (χ1v) is 9.94. The van der Waals surface area contributed by atoms with E-state index in [0.29, 0.717) is 30.6 Å². The largest absolute Gasteiger partial charge is 0.504 e. The zero-order valence-electron chi connectivity index (χ0n) is 16.3. The molecular weight excluding hydrogens is 356 g/mol. The van der Waals surface area contributed by atoms with Gasteiger partial charge in [0.2, 0.25) is 5.75 Å². The molecule has 1 saturated heterocycles. The average Bonchev–Trinajstić information content (AvgIpc) is 2.75. The van der Waals surface area contributed by atoms with Gasteiger partial charge in [0.25, 0.3) is 0 Å². The molecular formula is C22H28N2O4. The lowest BCUT2D eigenvalue weighted by atomic mass is 9.96. The number of methoxy groups -OCH3 is 1. The SMILES string of the molecule is COc1ccccc1N1CCC(CNC[C@@H]2COc3cccc(O)c3O2)CC1. The van der Waals surface area contributed by atoms with Gasteiger partial charge in [-0.3, -0.25) is 0 Å². The minimum absolute atomic E-state index is 0.0885. The zero-order chi connectivity index (χ0) is 19.3. The van der Waals surface area contributed by atoms with E-state index in [9.17, 15) is 5.11 Å². The molecule has 0 unspecified atom stereocenters. The van der Waals surface area contributed by atoms with E-state index in [2.05, 4.69) is 22.3 Å². The summed E-state index contributed by atoms with van der Waals surface area (Å²) in [6, 6.07) is 13.4. The number of rotatable bonds is 6. The number of hydrogen-bond donors (Lipinski definition) is 2. The van der Waals surface area contributed by atoms with Gasteiger partial charge in [-0.05, 0) is 49.6 Å². The summed E-state index contributed by atoms with van der Waals surface area (Å²) in [6.07, 6.45) is 2.21. The van der Waals surface area contributed by atoms with Gasteiger partial charge >= 0.3 is 0 Å². The molecule has 2 aliphatic rings. The topological polar surface area (TPSA) is 63.2 Å². The van der Waals surface area contributed by atoms with Gasteiger partial charge in [0.05, 0.1) is 12.8 Å². The Morgan fingerprint density at radius 2 is 1.93 bits per heavy atom. The Morgan fingerprint density at radius 3 is 2.75 bits per heavy atom. The number of para-hydroxylation sites is 3. The molecule has 0 radical (unpaired) electrons. The summed E-state index contributed by atoms with van der Waals surface area (Å²) in [5.74, 6) is 2.78. The van der Waals surface area contributed by atoms with Crippen LogP contribution in [0.4, 0.5) is 5.69 Å². The van der Waals surface area contributed by atoms with Crippen LogP contribution in [0.3, 0.4) is 0 Å². The number of phenolic OH excluding ortho intramolecular Hbond substituents is 1. The maximum atomic E-state index is 9.92. The number of fused-ring (bicyclic) bond motifs is 1. The number of piperidine rings is 1. The Kier molecular flexibility index (Phi) is 5.76. The number of phenols is 1. The molecule has 4 rings (SSSR count). The molecule has 6 heteroatoms. The second kappa shape index (κ2) is 8.61. The predicted octanol–water partition coefficient (Wildman–Crippen LogP) is 3.05. The van der Waals surface area contributed by atoms with Crippen molar-refractivity contribution < 1.29 is 19.3 Å². The fourth-order valence-corrected chi connectivity index (χ4v) is 3.94. The zero-order valence-corrected chi connectivity index (χ0v) is 16.3. The summed E-state index contributed by atoms with van der Waals surface area (Å²) < 4.78 is 17.1. The van der Waals surface area contributed by atoms with Crippen molar-refractivity contribution in [1.29, 1.82) is 0 Å². The molecule has 0 bridgehead atoms. The number of nitrogens with one attached hydrogen (secondary N) is 1. The van der Waals surface area contributed by atoms with E-state index in [0.717, 1.165) is 38.2 Å². The van der Waals surface area contributed by atoms with Crippen molar-refractivity contribution in [3.05, 3.63) is 42.5 Å². The smallest absolute Gasteiger partial charge is 0.203 e. The van der Waals surface area contributed by atoms with Crippen molar-refractivity contribution in [3.63, 3.8) is 0 Å². The molecule has 28 heavy (non-hydrogen) atoms. The van der Waals surface area contributed by atoms with Crippen molar-refractivity contribution >= 4 is 5.69 Å². The van der Waals surface area contributed by atoms with E-state index in [-0.39, 0.29) is 11.9 Å². The first kappa shape index (κ1) is 18.7. The molecule has 0 saturated carbocycles. The van der Waals surface area contributed by atoms with E-state index >= 15 is 0 Å². The molecule has 1 fully saturated rings. The molecule has 1 atom stereocenters. The quantitative estimate of drug-likeness (QED) is 0.798. The summed E-state index contributed by atoms with van der Waals surface area (Å²) in [6.45, 7) is 4.25. The molecule has 2 aromatic rings. The Balaban J connectivity index is 1.22. The van der Waals surface area contributed by atoms with E-state index in [1.165, 1.54) is 5.69 Å². The molecule has 0 amide bonds. The van der Waals surface area contributed by atoms with E-state index in [1.807, 2.05) is 18.2 Å². The molecule has 0 aromatic heterocycles. The summed E-state index contributed by atoms with van der Waals surface area (Å²) >= 11 is 0. The number of aromatic hydroxyl groups is 1. The lowest BCUT2D eigenvalue weighted by molar-refractivity contribution is 0.0856. The minimum Gasteiger partial charge on any atom is -0.504 e. The van der Waals surface area contributed by atoms with Gasteiger partial charge in [-0.1, -0.05) is 18.2 Å². The van der Waals surface area contributed by atoms with Gasteiger partial charge in [-0.25, -0.2) is 0 Å². The molecule has 2 aromatic carbocycles. The highest BCUT2D eigenvalue weighted by Gasteiger charge is 2.25. The van der Waals surface area contributed by atoms with E-state index < -0.39 is 0 Å². The summed E-state index contributed by atoms with van der Waals surface area (Å²) in [5, 5.41) is 13.4. The average molecular weight is 384 g/mol. The van der Waals surface area contributed by atoms with Crippen LogP contribution in [0.25, 0.3) is 0 Å². The fraction of sp³-hybridized carbons (Fsp3) is 0.455. The van der Waals surface area contributed by atoms with Crippen LogP contribution in [0.1, 0.15) is 12.8 Å². The molecule has 2 N–H and O–H groups in total. The Hall–Kier alpha value is -2.60. The van der Waals surface area contributed by atoms with Crippen LogP contribution >= 0.6 is 0 Å². The van der Waals surface area contributed by atoms with Crippen LogP contribution in [0.5, 0.6) is 23.0 Å². The van der Waals surface area contributed by atoms with Gasteiger partial charge in [0, 0.05) is 19.6 Å². The summed E-state index contributed by atoms with van der Waals surface area (Å²) in [7, 11) is 1.73. The number of nitrogens with zero attached hydrogens (tertiary/aromatic N) is 1. The van der Waals surface area contributed by atoms with Crippen LogP contribution in [-0.4, -0.2) is 51.1 Å². The number of anilines is 1. The van der Waals surface area contributed by atoms with Crippen molar-refractivity contribution in [2.24, 2.45) is 5.92 Å². The molecule has 0 spiro atoms. The summed E-state index contributed by atoms with van der Waals surface area (Å²) in [5.41, 5.74) is 1.18. The first-order chi connectivity index (χ1) is 13.7. The molecule has 6 nitrogen and oxygen atoms in total. The van der Waals surface area contributed by atoms with Gasteiger partial charge in [0.1, 0.15) is 18.5 Å². The fourth-order valence-electron chi connectivity index (χ4n) is 3.94.